The second kappa shape index (κ2) is 14.0. The first-order valence-electron chi connectivity index (χ1n) is 8.20. The van der Waals surface area contributed by atoms with Crippen molar-refractivity contribution in [3.8, 4) is 0 Å². The molecule has 7 heteroatoms. The average Bonchev–Trinajstić information content (AvgIpc) is 2.80. The van der Waals surface area contributed by atoms with Crippen LogP contribution in [-0.2, 0) is 11.2 Å². The fraction of sp³-hybridized carbons (Fsp3) is 0.750. The molecule has 0 unspecified atom stereocenters. The first kappa shape index (κ1) is 22.6. The van der Waals surface area contributed by atoms with Crippen LogP contribution in [0.3, 0.4) is 0 Å². The zero-order chi connectivity index (χ0) is 16.2. The molecule has 1 rings (SSSR count). The van der Waals surface area contributed by atoms with Crippen molar-refractivity contribution in [1.29, 1.82) is 0 Å². The van der Waals surface area contributed by atoms with Crippen LogP contribution in [0.1, 0.15) is 42.3 Å². The predicted octanol–water partition coefficient (Wildman–Crippen LogP) is 3.29. The fourth-order valence-electron chi connectivity index (χ4n) is 2.09. The molecule has 23 heavy (non-hydrogen) atoms. The summed E-state index contributed by atoms with van der Waals surface area (Å²) in [5.41, 5.74) is 1.15. The van der Waals surface area contributed by atoms with Gasteiger partial charge in [-0.1, -0.05) is 0 Å². The van der Waals surface area contributed by atoms with Gasteiger partial charge in [-0.15, -0.1) is 35.3 Å². The minimum atomic E-state index is 0. The van der Waals surface area contributed by atoms with Crippen LogP contribution in [0.25, 0.3) is 0 Å². The predicted molar refractivity (Wildman–Crippen MR) is 110 cm³/mol. The SMILES string of the molecule is CCNC(=NCCCCOCC)NCCc1sc(C)nc1C.I. The highest BCUT2D eigenvalue weighted by atomic mass is 127. The van der Waals surface area contributed by atoms with E-state index in [4.69, 9.17) is 4.74 Å². The van der Waals surface area contributed by atoms with Crippen LogP contribution in [0, 0.1) is 13.8 Å². The molecule has 134 valence electrons. The van der Waals surface area contributed by atoms with Crippen molar-refractivity contribution in [3.05, 3.63) is 15.6 Å². The Morgan fingerprint density at radius 3 is 2.61 bits per heavy atom. The summed E-state index contributed by atoms with van der Waals surface area (Å²) >= 11 is 1.78. The molecule has 0 amide bonds. The molecule has 1 heterocycles. The fourth-order valence-corrected chi connectivity index (χ4v) is 3.03. The van der Waals surface area contributed by atoms with Gasteiger partial charge in [0.15, 0.2) is 5.96 Å². The van der Waals surface area contributed by atoms with Crippen LogP contribution < -0.4 is 10.6 Å². The van der Waals surface area contributed by atoms with Gasteiger partial charge in [0, 0.05) is 44.1 Å². The topological polar surface area (TPSA) is 58.5 Å². The first-order valence-corrected chi connectivity index (χ1v) is 9.01. The van der Waals surface area contributed by atoms with Gasteiger partial charge in [0.05, 0.1) is 10.7 Å². The summed E-state index contributed by atoms with van der Waals surface area (Å²) in [5, 5.41) is 7.82. The van der Waals surface area contributed by atoms with Gasteiger partial charge in [0.2, 0.25) is 0 Å². The standard InChI is InChI=1S/C16H30N4OS.HI/c1-5-17-16(18-10-7-8-12-21-6-2)19-11-9-15-13(3)20-14(4)22-15;/h5-12H2,1-4H3,(H2,17,18,19);1H. The number of aromatic nitrogens is 1. The van der Waals surface area contributed by atoms with Crippen LogP contribution in [0.15, 0.2) is 4.99 Å². The number of nitrogens with zero attached hydrogens (tertiary/aromatic N) is 2. The molecule has 0 fully saturated rings. The molecule has 0 atom stereocenters. The number of aryl methyl sites for hydroxylation is 2. The normalized spacial score (nSPS) is 11.2. The molecule has 0 aliphatic heterocycles. The maximum absolute atomic E-state index is 5.33. The third kappa shape index (κ3) is 10.1. The van der Waals surface area contributed by atoms with Gasteiger partial charge >= 0.3 is 0 Å². The highest BCUT2D eigenvalue weighted by molar-refractivity contribution is 14.0. The number of thiazole rings is 1. The lowest BCUT2D eigenvalue weighted by Gasteiger charge is -2.11. The van der Waals surface area contributed by atoms with E-state index in [1.165, 1.54) is 4.88 Å². The molecule has 0 radical (unpaired) electrons. The van der Waals surface area contributed by atoms with E-state index in [1.54, 1.807) is 11.3 Å². The third-order valence-corrected chi connectivity index (χ3v) is 4.29. The van der Waals surface area contributed by atoms with Gasteiger partial charge in [-0.25, -0.2) is 4.98 Å². The smallest absolute Gasteiger partial charge is 0.191 e. The largest absolute Gasteiger partial charge is 0.382 e. The molecule has 0 aromatic carbocycles. The number of hydrogen-bond acceptors (Lipinski definition) is 4. The maximum Gasteiger partial charge on any atom is 0.191 e. The highest BCUT2D eigenvalue weighted by Crippen LogP contribution is 2.16. The quantitative estimate of drug-likeness (QED) is 0.247. The maximum atomic E-state index is 5.33. The number of halogens is 1. The average molecular weight is 454 g/mol. The van der Waals surface area contributed by atoms with E-state index in [-0.39, 0.29) is 24.0 Å². The van der Waals surface area contributed by atoms with Gasteiger partial charge in [-0.3, -0.25) is 4.99 Å². The zero-order valence-corrected chi connectivity index (χ0v) is 17.9. The molecular formula is C16H31IN4OS. The van der Waals surface area contributed by atoms with E-state index in [9.17, 15) is 0 Å². The Kier molecular flexibility index (Phi) is 13.7. The minimum absolute atomic E-state index is 0. The Morgan fingerprint density at radius 1 is 1.22 bits per heavy atom. The number of rotatable bonds is 10. The van der Waals surface area contributed by atoms with Gasteiger partial charge in [0.25, 0.3) is 0 Å². The Labute approximate surface area is 161 Å². The van der Waals surface area contributed by atoms with Gasteiger partial charge in [-0.05, 0) is 40.5 Å². The van der Waals surface area contributed by atoms with Crippen molar-refractivity contribution in [2.24, 2.45) is 4.99 Å². The molecule has 0 bridgehead atoms. The van der Waals surface area contributed by atoms with Crippen LogP contribution in [-0.4, -0.2) is 43.8 Å². The van der Waals surface area contributed by atoms with Gasteiger partial charge in [-0.2, -0.15) is 0 Å². The lowest BCUT2D eigenvalue weighted by atomic mass is 10.3. The molecule has 2 N–H and O–H groups in total. The lowest BCUT2D eigenvalue weighted by molar-refractivity contribution is 0.144. The Morgan fingerprint density at radius 2 is 2.00 bits per heavy atom. The highest BCUT2D eigenvalue weighted by Gasteiger charge is 2.04. The number of nitrogens with one attached hydrogen (secondary N) is 2. The van der Waals surface area contributed by atoms with Gasteiger partial charge < -0.3 is 15.4 Å². The van der Waals surface area contributed by atoms with Gasteiger partial charge in [0.1, 0.15) is 0 Å². The second-order valence-corrected chi connectivity index (χ2v) is 6.37. The number of ether oxygens (including phenoxy) is 1. The molecule has 0 aliphatic rings. The van der Waals surface area contributed by atoms with Crippen molar-refractivity contribution in [2.75, 3.05) is 32.8 Å². The molecule has 1 aromatic heterocycles. The minimum Gasteiger partial charge on any atom is -0.382 e. The lowest BCUT2D eigenvalue weighted by Crippen LogP contribution is -2.38. The monoisotopic (exact) mass is 454 g/mol. The Balaban J connectivity index is 0.00000484. The number of aliphatic imine (C=N–C) groups is 1. The Bertz CT molecular complexity index is 451. The summed E-state index contributed by atoms with van der Waals surface area (Å²) < 4.78 is 5.33. The summed E-state index contributed by atoms with van der Waals surface area (Å²) in [6.45, 7) is 12.5. The van der Waals surface area contributed by atoms with E-state index < -0.39 is 0 Å². The summed E-state index contributed by atoms with van der Waals surface area (Å²) in [7, 11) is 0. The first-order chi connectivity index (χ1) is 10.7. The molecule has 0 saturated heterocycles. The van der Waals surface area contributed by atoms with E-state index >= 15 is 0 Å². The zero-order valence-electron chi connectivity index (χ0n) is 14.8. The number of guanidine groups is 1. The van der Waals surface area contributed by atoms with Crippen molar-refractivity contribution < 1.29 is 4.74 Å². The third-order valence-electron chi connectivity index (χ3n) is 3.16. The molecule has 0 spiro atoms. The summed E-state index contributed by atoms with van der Waals surface area (Å²) in [6, 6.07) is 0. The number of hydrogen-bond donors (Lipinski definition) is 2. The second-order valence-electron chi connectivity index (χ2n) is 5.08. The molecule has 1 aromatic rings. The van der Waals surface area contributed by atoms with Crippen molar-refractivity contribution >= 4 is 41.3 Å². The number of unbranched alkanes of at least 4 members (excludes halogenated alkanes) is 1. The van der Waals surface area contributed by atoms with Crippen LogP contribution in [0.5, 0.6) is 0 Å². The van der Waals surface area contributed by atoms with Crippen molar-refractivity contribution in [3.63, 3.8) is 0 Å². The van der Waals surface area contributed by atoms with Crippen LogP contribution in [0.4, 0.5) is 0 Å². The summed E-state index contributed by atoms with van der Waals surface area (Å²) in [6.07, 6.45) is 3.12. The summed E-state index contributed by atoms with van der Waals surface area (Å²) in [4.78, 5) is 10.4. The van der Waals surface area contributed by atoms with Crippen LogP contribution >= 0.6 is 35.3 Å². The van der Waals surface area contributed by atoms with E-state index in [1.807, 2.05) is 6.92 Å². The molecule has 5 nitrogen and oxygen atoms in total. The Hall–Kier alpha value is -0.410. The molecule has 0 saturated carbocycles. The summed E-state index contributed by atoms with van der Waals surface area (Å²) in [5.74, 6) is 0.901. The van der Waals surface area contributed by atoms with Crippen LogP contribution in [0.2, 0.25) is 0 Å². The van der Waals surface area contributed by atoms with E-state index in [0.29, 0.717) is 0 Å². The molecular weight excluding hydrogens is 423 g/mol. The molecule has 0 aliphatic carbocycles. The van der Waals surface area contributed by atoms with E-state index in [0.717, 1.165) is 68.8 Å². The van der Waals surface area contributed by atoms with E-state index in [2.05, 4.69) is 41.4 Å². The van der Waals surface area contributed by atoms with Crippen molar-refractivity contribution in [1.82, 2.24) is 15.6 Å². The van der Waals surface area contributed by atoms with Crippen molar-refractivity contribution in [2.45, 2.75) is 47.0 Å².